The molecule has 3 rings (SSSR count). The zero-order valence-corrected chi connectivity index (χ0v) is 19.9. The summed E-state index contributed by atoms with van der Waals surface area (Å²) in [5.74, 6) is 1.16. The molecule has 0 atom stereocenters. The van der Waals surface area contributed by atoms with E-state index >= 15 is 0 Å². The zero-order chi connectivity index (χ0) is 20.6. The average molecular weight is 612 g/mol. The number of hydrazone groups is 1. The molecule has 1 amide bonds. The second-order valence-electron chi connectivity index (χ2n) is 6.02. The van der Waals surface area contributed by atoms with E-state index in [0.717, 1.165) is 24.0 Å². The molecule has 0 aliphatic heterocycles. The lowest BCUT2D eigenvalue weighted by Crippen LogP contribution is -2.17. The molecule has 0 saturated carbocycles. The van der Waals surface area contributed by atoms with Crippen LogP contribution in [-0.2, 0) is 6.61 Å². The highest BCUT2D eigenvalue weighted by Crippen LogP contribution is 2.29. The van der Waals surface area contributed by atoms with Crippen LogP contribution in [0.5, 0.6) is 11.5 Å². The number of hydrogen-bond acceptors (Lipinski definition) is 4. The van der Waals surface area contributed by atoms with Gasteiger partial charge in [0, 0.05) is 5.56 Å². The molecule has 148 valence electrons. The summed E-state index contributed by atoms with van der Waals surface area (Å²) in [6.45, 7) is 0.511. The maximum atomic E-state index is 12.2. The maximum Gasteiger partial charge on any atom is 0.271 e. The lowest BCUT2D eigenvalue weighted by Gasteiger charge is -2.11. The number of nitrogens with one attached hydrogen (secondary N) is 1. The van der Waals surface area contributed by atoms with Gasteiger partial charge in [0.15, 0.2) is 0 Å². The Bertz CT molecular complexity index is 1000. The van der Waals surface area contributed by atoms with Gasteiger partial charge < -0.3 is 9.47 Å². The molecule has 0 bridgehead atoms. The fourth-order valence-corrected chi connectivity index (χ4v) is 4.64. The summed E-state index contributed by atoms with van der Waals surface area (Å²) < 4.78 is 13.1. The van der Waals surface area contributed by atoms with Crippen molar-refractivity contribution in [2.75, 3.05) is 7.11 Å². The number of amides is 1. The summed E-state index contributed by atoms with van der Waals surface area (Å²) in [4.78, 5) is 12.2. The Morgan fingerprint density at radius 2 is 1.76 bits per heavy atom. The molecule has 0 saturated heterocycles. The molecule has 0 unspecified atom stereocenters. The van der Waals surface area contributed by atoms with Crippen LogP contribution >= 0.6 is 45.2 Å². The summed E-state index contributed by atoms with van der Waals surface area (Å²) in [6, 6.07) is 20.9. The molecule has 3 aromatic carbocycles. The number of benzene rings is 3. The first-order chi connectivity index (χ1) is 14.1. The van der Waals surface area contributed by atoms with Crippen LogP contribution in [0.4, 0.5) is 0 Å². The fourth-order valence-electron chi connectivity index (χ4n) is 2.52. The largest absolute Gasteiger partial charge is 0.497 e. The third-order valence-corrected chi connectivity index (χ3v) is 5.56. The second-order valence-corrected chi connectivity index (χ2v) is 8.34. The minimum atomic E-state index is -0.299. The third-order valence-electron chi connectivity index (χ3n) is 3.96. The first-order valence-corrected chi connectivity index (χ1v) is 10.9. The first-order valence-electron chi connectivity index (χ1n) is 8.70. The molecule has 0 aromatic heterocycles. The van der Waals surface area contributed by atoms with Gasteiger partial charge in [0.25, 0.3) is 5.91 Å². The van der Waals surface area contributed by atoms with Crippen LogP contribution in [-0.4, -0.2) is 19.2 Å². The van der Waals surface area contributed by atoms with E-state index in [1.807, 2.05) is 42.5 Å². The second kappa shape index (κ2) is 10.6. The number of carbonyl (C=O) groups is 1. The van der Waals surface area contributed by atoms with Crippen LogP contribution in [0.15, 0.2) is 71.8 Å². The summed E-state index contributed by atoms with van der Waals surface area (Å²) in [7, 11) is 1.56. The minimum absolute atomic E-state index is 0.299. The number of nitrogens with zero attached hydrogens (tertiary/aromatic N) is 1. The molecule has 7 heteroatoms. The van der Waals surface area contributed by atoms with Crippen molar-refractivity contribution in [1.82, 2.24) is 5.43 Å². The predicted molar refractivity (Wildman–Crippen MR) is 131 cm³/mol. The van der Waals surface area contributed by atoms with Crippen LogP contribution in [0.1, 0.15) is 21.5 Å². The molecular formula is C22H18I2N2O3. The van der Waals surface area contributed by atoms with E-state index in [1.165, 1.54) is 0 Å². The van der Waals surface area contributed by atoms with Gasteiger partial charge in [-0.2, -0.15) is 5.10 Å². The van der Waals surface area contributed by atoms with Crippen molar-refractivity contribution in [3.63, 3.8) is 0 Å². The molecule has 0 aliphatic rings. The molecular weight excluding hydrogens is 594 g/mol. The standard InChI is InChI=1S/C22H18I2N2O3/c1-28-18-9-5-8-17(12-18)22(27)26-25-13-16-10-19(23)21(20(24)11-16)29-14-15-6-3-2-4-7-15/h2-13H,14H2,1H3,(H,26,27)/b25-13-. The molecule has 0 spiro atoms. The predicted octanol–water partition coefficient (Wildman–Crippen LogP) is 5.25. The van der Waals surface area contributed by atoms with Crippen LogP contribution in [0, 0.1) is 7.14 Å². The van der Waals surface area contributed by atoms with Gasteiger partial charge in [-0.3, -0.25) is 4.79 Å². The highest BCUT2D eigenvalue weighted by atomic mass is 127. The van der Waals surface area contributed by atoms with E-state index in [9.17, 15) is 4.79 Å². The Balaban J connectivity index is 1.64. The van der Waals surface area contributed by atoms with Crippen LogP contribution in [0.2, 0.25) is 0 Å². The van der Waals surface area contributed by atoms with Crippen molar-refractivity contribution in [1.29, 1.82) is 0 Å². The van der Waals surface area contributed by atoms with Crippen molar-refractivity contribution in [2.24, 2.45) is 5.10 Å². The highest BCUT2D eigenvalue weighted by Gasteiger charge is 2.09. The number of hydrogen-bond donors (Lipinski definition) is 1. The molecule has 5 nitrogen and oxygen atoms in total. The number of rotatable bonds is 7. The Labute approximate surface area is 196 Å². The summed E-state index contributed by atoms with van der Waals surface area (Å²) in [5, 5.41) is 4.07. The van der Waals surface area contributed by atoms with E-state index in [0.29, 0.717) is 17.9 Å². The maximum absolute atomic E-state index is 12.2. The van der Waals surface area contributed by atoms with Crippen molar-refractivity contribution >= 4 is 57.3 Å². The highest BCUT2D eigenvalue weighted by molar-refractivity contribution is 14.1. The quantitative estimate of drug-likeness (QED) is 0.226. The number of ether oxygens (including phenoxy) is 2. The van der Waals surface area contributed by atoms with Crippen LogP contribution < -0.4 is 14.9 Å². The first kappa shape index (κ1) is 21.6. The summed E-state index contributed by atoms with van der Waals surface area (Å²) in [6.07, 6.45) is 1.61. The molecule has 29 heavy (non-hydrogen) atoms. The van der Waals surface area contributed by atoms with Gasteiger partial charge in [-0.1, -0.05) is 36.4 Å². The molecule has 0 radical (unpaired) electrons. The Hall–Kier alpha value is -2.14. The summed E-state index contributed by atoms with van der Waals surface area (Å²) in [5.41, 5.74) is 5.01. The molecule has 0 aliphatic carbocycles. The van der Waals surface area contributed by atoms with Gasteiger partial charge in [-0.25, -0.2) is 5.43 Å². The Morgan fingerprint density at radius 1 is 1.03 bits per heavy atom. The van der Waals surface area contributed by atoms with Gasteiger partial charge in [0.2, 0.25) is 0 Å². The summed E-state index contributed by atoms with van der Waals surface area (Å²) >= 11 is 4.49. The van der Waals surface area contributed by atoms with Crippen LogP contribution in [0.3, 0.4) is 0 Å². The lowest BCUT2D eigenvalue weighted by molar-refractivity contribution is 0.0955. The van der Waals surface area contributed by atoms with E-state index in [2.05, 4.69) is 55.7 Å². The van der Waals surface area contributed by atoms with Crippen molar-refractivity contribution in [2.45, 2.75) is 6.61 Å². The van der Waals surface area contributed by atoms with Crippen molar-refractivity contribution in [3.8, 4) is 11.5 Å². The molecule has 3 aromatic rings. The van der Waals surface area contributed by atoms with E-state index in [1.54, 1.807) is 37.6 Å². The normalized spacial score (nSPS) is 10.7. The Morgan fingerprint density at radius 3 is 2.45 bits per heavy atom. The number of halogens is 2. The monoisotopic (exact) mass is 612 g/mol. The van der Waals surface area contributed by atoms with Gasteiger partial charge >= 0.3 is 0 Å². The number of carbonyl (C=O) groups excluding carboxylic acids is 1. The van der Waals surface area contributed by atoms with E-state index < -0.39 is 0 Å². The van der Waals surface area contributed by atoms with Gasteiger partial charge in [0.1, 0.15) is 18.1 Å². The SMILES string of the molecule is COc1cccc(C(=O)N/N=C\c2cc(I)c(OCc3ccccc3)c(I)c2)c1. The van der Waals surface area contributed by atoms with Gasteiger partial charge in [-0.15, -0.1) is 0 Å². The molecule has 1 N–H and O–H groups in total. The third kappa shape index (κ3) is 6.17. The minimum Gasteiger partial charge on any atom is -0.497 e. The number of methoxy groups -OCH3 is 1. The molecule has 0 heterocycles. The van der Waals surface area contributed by atoms with Crippen molar-refractivity contribution in [3.05, 3.63) is 90.6 Å². The van der Waals surface area contributed by atoms with Gasteiger partial charge in [-0.05, 0) is 86.6 Å². The molecule has 0 fully saturated rings. The lowest BCUT2D eigenvalue weighted by atomic mass is 10.2. The van der Waals surface area contributed by atoms with E-state index in [4.69, 9.17) is 9.47 Å². The Kier molecular flexibility index (Phi) is 7.87. The van der Waals surface area contributed by atoms with E-state index in [-0.39, 0.29) is 5.91 Å². The van der Waals surface area contributed by atoms with Gasteiger partial charge in [0.05, 0.1) is 20.5 Å². The smallest absolute Gasteiger partial charge is 0.271 e. The van der Waals surface area contributed by atoms with Crippen LogP contribution in [0.25, 0.3) is 0 Å². The topological polar surface area (TPSA) is 59.9 Å². The van der Waals surface area contributed by atoms with Crippen molar-refractivity contribution < 1.29 is 14.3 Å². The fraction of sp³-hybridized carbons (Fsp3) is 0.0909. The average Bonchev–Trinajstić information content (AvgIpc) is 2.74. The zero-order valence-electron chi connectivity index (χ0n) is 15.6.